The van der Waals surface area contributed by atoms with E-state index in [0.29, 0.717) is 5.92 Å². The lowest BCUT2D eigenvalue weighted by Gasteiger charge is -2.09. The van der Waals surface area contributed by atoms with Gasteiger partial charge >= 0.3 is 0 Å². The summed E-state index contributed by atoms with van der Waals surface area (Å²) >= 11 is 11.4. The third kappa shape index (κ3) is 1.72. The topological polar surface area (TPSA) is 0 Å². The highest BCUT2D eigenvalue weighted by atomic mass is 79.9. The van der Waals surface area contributed by atoms with Crippen molar-refractivity contribution in [3.8, 4) is 0 Å². The van der Waals surface area contributed by atoms with Gasteiger partial charge < -0.3 is 0 Å². The molecule has 10 heavy (non-hydrogen) atoms. The van der Waals surface area contributed by atoms with E-state index < -0.39 is 0 Å². The Bertz CT molecular complexity index is 165. The number of allylic oxidation sites excluding steroid dienone is 1. The van der Waals surface area contributed by atoms with Gasteiger partial charge in [-0.15, -0.1) is 23.4 Å². The molecule has 1 rings (SSSR count). The second-order valence-corrected chi connectivity index (χ2v) is 5.54. The Balaban J connectivity index is 2.78. The van der Waals surface area contributed by atoms with Crippen molar-refractivity contribution in [2.45, 2.75) is 19.2 Å². The van der Waals surface area contributed by atoms with E-state index in [9.17, 15) is 0 Å². The van der Waals surface area contributed by atoms with E-state index >= 15 is 0 Å². The van der Waals surface area contributed by atoms with Crippen molar-refractivity contribution >= 4 is 39.3 Å². The second-order valence-electron chi connectivity index (χ2n) is 2.66. The maximum Gasteiger partial charge on any atom is 0.0660 e. The van der Waals surface area contributed by atoms with Gasteiger partial charge in [-0.3, -0.25) is 0 Å². The van der Waals surface area contributed by atoms with E-state index in [1.54, 1.807) is 11.8 Å². The van der Waals surface area contributed by atoms with E-state index in [-0.39, 0.29) is 5.38 Å². The number of hydrogen-bond acceptors (Lipinski definition) is 1. The maximum atomic E-state index is 6.06. The lowest BCUT2D eigenvalue weighted by Crippen LogP contribution is -2.06. The fourth-order valence-corrected chi connectivity index (χ4v) is 3.93. The van der Waals surface area contributed by atoms with Crippen LogP contribution in [0.15, 0.2) is 9.39 Å². The highest BCUT2D eigenvalue weighted by molar-refractivity contribution is 9.14. The smallest absolute Gasteiger partial charge is 0.0660 e. The van der Waals surface area contributed by atoms with Gasteiger partial charge in [-0.25, -0.2) is 0 Å². The highest BCUT2D eigenvalue weighted by Gasteiger charge is 2.24. The van der Waals surface area contributed by atoms with E-state index in [2.05, 4.69) is 29.8 Å². The molecule has 0 nitrogen and oxygen atoms in total. The number of rotatable bonds is 1. The summed E-state index contributed by atoms with van der Waals surface area (Å²) in [5, 5.41) is 0.249. The molecule has 0 aromatic heterocycles. The van der Waals surface area contributed by atoms with E-state index in [1.807, 2.05) is 0 Å². The molecule has 0 aromatic rings. The van der Waals surface area contributed by atoms with Crippen LogP contribution in [-0.4, -0.2) is 11.1 Å². The predicted molar refractivity (Wildman–Crippen MR) is 52.9 cm³/mol. The summed E-state index contributed by atoms with van der Waals surface area (Å²) in [4.78, 5) is 0. The molecule has 0 saturated carbocycles. The summed E-state index contributed by atoms with van der Waals surface area (Å²) in [6, 6.07) is 0. The molecule has 0 radical (unpaired) electrons. The second kappa shape index (κ2) is 3.51. The molecule has 1 atom stereocenters. The van der Waals surface area contributed by atoms with Crippen molar-refractivity contribution < 1.29 is 0 Å². The first-order chi connectivity index (χ1) is 4.63. The van der Waals surface area contributed by atoms with Gasteiger partial charge in [0.25, 0.3) is 0 Å². The standard InChI is InChI=1S/C7H10BrClS/c1-4(2)6-5(9)3-10-7(6)8/h4-5H,3H2,1-2H3. The van der Waals surface area contributed by atoms with Crippen molar-refractivity contribution in [2.24, 2.45) is 5.92 Å². The highest BCUT2D eigenvalue weighted by Crippen LogP contribution is 2.41. The molecule has 3 heteroatoms. The van der Waals surface area contributed by atoms with Crippen molar-refractivity contribution in [2.75, 3.05) is 5.75 Å². The van der Waals surface area contributed by atoms with Crippen molar-refractivity contribution in [3.05, 3.63) is 9.39 Å². The SMILES string of the molecule is CC(C)C1=C(Br)SCC1Cl. The van der Waals surface area contributed by atoms with Gasteiger partial charge in [0.05, 0.1) is 9.19 Å². The molecule has 0 aliphatic carbocycles. The summed E-state index contributed by atoms with van der Waals surface area (Å²) in [5.74, 6) is 1.60. The molecule has 0 bridgehead atoms. The minimum Gasteiger partial charge on any atom is -0.117 e. The van der Waals surface area contributed by atoms with Gasteiger partial charge in [0, 0.05) is 5.75 Å². The van der Waals surface area contributed by atoms with E-state index in [4.69, 9.17) is 11.6 Å². The van der Waals surface area contributed by atoms with Crippen LogP contribution in [0.1, 0.15) is 13.8 Å². The van der Waals surface area contributed by atoms with Gasteiger partial charge in [-0.05, 0) is 27.4 Å². The monoisotopic (exact) mass is 240 g/mol. The summed E-state index contributed by atoms with van der Waals surface area (Å²) in [7, 11) is 0. The van der Waals surface area contributed by atoms with Crippen molar-refractivity contribution in [3.63, 3.8) is 0 Å². The molecule has 1 aliphatic heterocycles. The van der Waals surface area contributed by atoms with Gasteiger partial charge in [0.1, 0.15) is 0 Å². The van der Waals surface area contributed by atoms with Crippen LogP contribution < -0.4 is 0 Å². The number of halogens is 2. The lowest BCUT2D eigenvalue weighted by atomic mass is 10.0. The third-order valence-electron chi connectivity index (χ3n) is 1.54. The minimum atomic E-state index is 0.249. The fraction of sp³-hybridized carbons (Fsp3) is 0.714. The fourth-order valence-electron chi connectivity index (χ4n) is 1.03. The molecular weight excluding hydrogens is 232 g/mol. The first-order valence-electron chi connectivity index (χ1n) is 3.29. The van der Waals surface area contributed by atoms with Crippen LogP contribution >= 0.6 is 39.3 Å². The molecule has 0 aromatic carbocycles. The minimum absolute atomic E-state index is 0.249. The number of alkyl halides is 1. The molecule has 0 spiro atoms. The summed E-state index contributed by atoms with van der Waals surface area (Å²) in [6.07, 6.45) is 0. The largest absolute Gasteiger partial charge is 0.117 e. The first-order valence-corrected chi connectivity index (χ1v) is 5.51. The average molecular weight is 242 g/mol. The van der Waals surface area contributed by atoms with Crippen LogP contribution in [0.3, 0.4) is 0 Å². The molecule has 0 fully saturated rings. The Morgan fingerprint density at radius 3 is 2.50 bits per heavy atom. The maximum absolute atomic E-state index is 6.06. The van der Waals surface area contributed by atoms with Crippen LogP contribution in [0.4, 0.5) is 0 Å². The third-order valence-corrected chi connectivity index (χ3v) is 4.25. The molecule has 1 unspecified atom stereocenters. The molecule has 1 heterocycles. The zero-order valence-electron chi connectivity index (χ0n) is 6.03. The van der Waals surface area contributed by atoms with Crippen LogP contribution in [0, 0.1) is 5.92 Å². The van der Waals surface area contributed by atoms with Crippen molar-refractivity contribution in [1.82, 2.24) is 0 Å². The number of thioether (sulfide) groups is 1. The lowest BCUT2D eigenvalue weighted by molar-refractivity contribution is 0.744. The molecule has 0 saturated heterocycles. The molecular formula is C7H10BrClS. The van der Waals surface area contributed by atoms with Gasteiger partial charge in [0.15, 0.2) is 0 Å². The summed E-state index contributed by atoms with van der Waals surface area (Å²) < 4.78 is 1.25. The van der Waals surface area contributed by atoms with E-state index in [1.165, 1.54) is 9.39 Å². The van der Waals surface area contributed by atoms with Gasteiger partial charge in [-0.2, -0.15) is 0 Å². The normalized spacial score (nSPS) is 26.7. The molecule has 1 aliphatic rings. The van der Waals surface area contributed by atoms with Crippen LogP contribution in [0.2, 0.25) is 0 Å². The van der Waals surface area contributed by atoms with Gasteiger partial charge in [-0.1, -0.05) is 13.8 Å². The van der Waals surface area contributed by atoms with Gasteiger partial charge in [0.2, 0.25) is 0 Å². The van der Waals surface area contributed by atoms with Crippen LogP contribution in [0.5, 0.6) is 0 Å². The summed E-state index contributed by atoms with van der Waals surface area (Å²) in [5.41, 5.74) is 1.37. The summed E-state index contributed by atoms with van der Waals surface area (Å²) in [6.45, 7) is 4.36. The van der Waals surface area contributed by atoms with Crippen LogP contribution in [0.25, 0.3) is 0 Å². The predicted octanol–water partition coefficient (Wildman–Crippen LogP) is 3.60. The Morgan fingerprint density at radius 2 is 2.30 bits per heavy atom. The molecule has 0 amide bonds. The Kier molecular flexibility index (Phi) is 3.14. The molecule has 58 valence electrons. The van der Waals surface area contributed by atoms with Crippen molar-refractivity contribution in [1.29, 1.82) is 0 Å². The zero-order valence-corrected chi connectivity index (χ0v) is 9.18. The number of hydrogen-bond donors (Lipinski definition) is 0. The van der Waals surface area contributed by atoms with Crippen LogP contribution in [-0.2, 0) is 0 Å². The first kappa shape index (κ1) is 8.95. The Morgan fingerprint density at radius 1 is 1.70 bits per heavy atom. The Labute approximate surface area is 79.5 Å². The average Bonchev–Trinajstić information content (AvgIpc) is 2.11. The Hall–Kier alpha value is 0.860. The quantitative estimate of drug-likeness (QED) is 0.632. The van der Waals surface area contributed by atoms with E-state index in [0.717, 1.165) is 5.75 Å². The zero-order chi connectivity index (χ0) is 7.72. The molecule has 0 N–H and O–H groups in total.